The largest absolute Gasteiger partial charge is 0.360 e. The number of rotatable bonds is 6. The lowest BCUT2D eigenvalue weighted by Crippen LogP contribution is -2.45. The summed E-state index contributed by atoms with van der Waals surface area (Å²) in [5.74, 6) is 3.75. The van der Waals surface area contributed by atoms with E-state index in [0.29, 0.717) is 22.9 Å². The monoisotopic (exact) mass is 504 g/mol. The van der Waals surface area contributed by atoms with Gasteiger partial charge in [0, 0.05) is 19.1 Å². The van der Waals surface area contributed by atoms with Crippen LogP contribution in [0.5, 0.6) is 0 Å². The Balaban J connectivity index is 1.51. The van der Waals surface area contributed by atoms with Crippen molar-refractivity contribution >= 4 is 17.3 Å². The lowest BCUT2D eigenvalue weighted by atomic mass is 9.56. The number of nitrogens with zero attached hydrogens (tertiary/aromatic N) is 1. The summed E-state index contributed by atoms with van der Waals surface area (Å²) in [6.07, 6.45) is 22.8. The van der Waals surface area contributed by atoms with E-state index in [9.17, 15) is 0 Å². The zero-order chi connectivity index (χ0) is 25.6. The minimum atomic E-state index is 0.458. The molecule has 0 radical (unpaired) electrons. The van der Waals surface area contributed by atoms with Crippen molar-refractivity contribution in [3.05, 3.63) is 0 Å². The second-order valence-corrected chi connectivity index (χ2v) is 14.7. The summed E-state index contributed by atoms with van der Waals surface area (Å²) >= 11 is 5.71. The standard InChI is InChI=1S/C32H60N2S/c1-24(2)34(7)30(35)33-29-18-12-11-16-26(17-13-19-29)32(5,6)28-22-20-27(21-23-28)31(3,4)25-14-9-8-10-15-25/h24-29H,8-23H2,1-7H3,(H,33,35). The fraction of sp³-hybridized carbons (Fsp3) is 0.969. The van der Waals surface area contributed by atoms with Gasteiger partial charge in [-0.05, 0) is 125 Å². The van der Waals surface area contributed by atoms with E-state index >= 15 is 0 Å². The molecule has 0 spiro atoms. The summed E-state index contributed by atoms with van der Waals surface area (Å²) in [4.78, 5) is 2.21. The molecule has 1 N–H and O–H groups in total. The maximum atomic E-state index is 5.71. The minimum absolute atomic E-state index is 0.458. The molecule has 0 aromatic carbocycles. The van der Waals surface area contributed by atoms with Gasteiger partial charge in [0.25, 0.3) is 0 Å². The Labute approximate surface area is 225 Å². The van der Waals surface area contributed by atoms with Gasteiger partial charge in [0.2, 0.25) is 0 Å². The van der Waals surface area contributed by atoms with Crippen LogP contribution >= 0.6 is 12.2 Å². The molecule has 0 aromatic rings. The van der Waals surface area contributed by atoms with E-state index in [-0.39, 0.29) is 0 Å². The van der Waals surface area contributed by atoms with Crippen LogP contribution in [0.15, 0.2) is 0 Å². The molecule has 3 aliphatic rings. The summed E-state index contributed by atoms with van der Waals surface area (Å²) in [7, 11) is 2.12. The Kier molecular flexibility index (Phi) is 10.8. The molecule has 2 atom stereocenters. The molecule has 0 aromatic heterocycles. The number of thiocarbonyl (C=S) groups is 1. The number of hydrogen-bond acceptors (Lipinski definition) is 1. The van der Waals surface area contributed by atoms with Crippen LogP contribution in [0.4, 0.5) is 0 Å². The first-order chi connectivity index (χ1) is 16.5. The summed E-state index contributed by atoms with van der Waals surface area (Å²) < 4.78 is 0. The van der Waals surface area contributed by atoms with Crippen molar-refractivity contribution in [1.82, 2.24) is 10.2 Å². The van der Waals surface area contributed by atoms with Crippen molar-refractivity contribution in [2.24, 2.45) is 34.5 Å². The van der Waals surface area contributed by atoms with Gasteiger partial charge in [0.1, 0.15) is 0 Å². The predicted octanol–water partition coefficient (Wildman–Crippen LogP) is 9.37. The van der Waals surface area contributed by atoms with Crippen LogP contribution in [0.2, 0.25) is 0 Å². The third kappa shape index (κ3) is 7.61. The van der Waals surface area contributed by atoms with Crippen LogP contribution in [0, 0.1) is 34.5 Å². The second-order valence-electron chi connectivity index (χ2n) is 14.3. The Hall–Kier alpha value is -0.310. The molecule has 0 amide bonds. The molecule has 3 fully saturated rings. The van der Waals surface area contributed by atoms with E-state index in [1.54, 1.807) is 0 Å². The third-order valence-corrected chi connectivity index (χ3v) is 11.8. The van der Waals surface area contributed by atoms with Crippen LogP contribution in [0.25, 0.3) is 0 Å². The minimum Gasteiger partial charge on any atom is -0.360 e. The van der Waals surface area contributed by atoms with E-state index in [1.807, 2.05) is 0 Å². The quantitative estimate of drug-likeness (QED) is 0.363. The fourth-order valence-corrected chi connectivity index (χ4v) is 8.55. The van der Waals surface area contributed by atoms with Crippen LogP contribution in [-0.2, 0) is 0 Å². The zero-order valence-corrected chi connectivity index (χ0v) is 25.4. The van der Waals surface area contributed by atoms with E-state index in [2.05, 4.69) is 58.8 Å². The Bertz CT molecular complexity index is 640. The summed E-state index contributed by atoms with van der Waals surface area (Å²) in [5, 5.41) is 4.65. The first-order valence-corrected chi connectivity index (χ1v) is 16.0. The van der Waals surface area contributed by atoms with Crippen LogP contribution in [-0.4, -0.2) is 29.1 Å². The maximum Gasteiger partial charge on any atom is 0.169 e. The summed E-state index contributed by atoms with van der Waals surface area (Å²) in [5.41, 5.74) is 1.04. The molecular formula is C32H60N2S. The van der Waals surface area contributed by atoms with Crippen molar-refractivity contribution in [3.8, 4) is 0 Å². The molecule has 0 aliphatic heterocycles. The average molecular weight is 505 g/mol. The Morgan fingerprint density at radius 3 is 1.49 bits per heavy atom. The lowest BCUT2D eigenvalue weighted by molar-refractivity contribution is 0.00660. The van der Waals surface area contributed by atoms with Crippen LogP contribution in [0.1, 0.15) is 144 Å². The van der Waals surface area contributed by atoms with Gasteiger partial charge in [-0.25, -0.2) is 0 Å². The molecule has 0 saturated heterocycles. The molecule has 35 heavy (non-hydrogen) atoms. The van der Waals surface area contributed by atoms with E-state index < -0.39 is 0 Å². The Morgan fingerprint density at radius 2 is 1.00 bits per heavy atom. The average Bonchev–Trinajstić information content (AvgIpc) is 2.96. The zero-order valence-electron chi connectivity index (χ0n) is 24.6. The van der Waals surface area contributed by atoms with Gasteiger partial charge in [-0.1, -0.05) is 66.2 Å². The predicted molar refractivity (Wildman–Crippen MR) is 158 cm³/mol. The molecule has 0 bridgehead atoms. The van der Waals surface area contributed by atoms with Crippen molar-refractivity contribution in [2.45, 2.75) is 156 Å². The van der Waals surface area contributed by atoms with E-state index in [4.69, 9.17) is 12.2 Å². The van der Waals surface area contributed by atoms with Gasteiger partial charge in [-0.15, -0.1) is 0 Å². The molecule has 204 valence electrons. The van der Waals surface area contributed by atoms with Crippen LogP contribution in [0.3, 0.4) is 0 Å². The van der Waals surface area contributed by atoms with E-state index in [0.717, 1.165) is 28.8 Å². The lowest BCUT2D eigenvalue weighted by Gasteiger charge is -2.49. The molecule has 3 rings (SSSR count). The van der Waals surface area contributed by atoms with Gasteiger partial charge < -0.3 is 10.2 Å². The van der Waals surface area contributed by atoms with Gasteiger partial charge in [-0.2, -0.15) is 0 Å². The first kappa shape index (κ1) is 29.2. The fourth-order valence-electron chi connectivity index (χ4n) is 8.17. The molecule has 2 nitrogen and oxygen atoms in total. The first-order valence-electron chi connectivity index (χ1n) is 15.6. The van der Waals surface area contributed by atoms with Crippen LogP contribution < -0.4 is 5.32 Å². The van der Waals surface area contributed by atoms with Gasteiger partial charge in [0.15, 0.2) is 5.11 Å². The molecule has 0 heterocycles. The van der Waals surface area contributed by atoms with Gasteiger partial charge >= 0.3 is 0 Å². The highest BCUT2D eigenvalue weighted by Crippen LogP contribution is 2.53. The Morgan fingerprint density at radius 1 is 0.629 bits per heavy atom. The van der Waals surface area contributed by atoms with Crippen molar-refractivity contribution < 1.29 is 0 Å². The maximum absolute atomic E-state index is 5.71. The second kappa shape index (κ2) is 13.0. The third-order valence-electron chi connectivity index (χ3n) is 11.4. The molecular weight excluding hydrogens is 444 g/mol. The summed E-state index contributed by atoms with van der Waals surface area (Å²) in [6.45, 7) is 15.0. The van der Waals surface area contributed by atoms with Crippen molar-refractivity contribution in [1.29, 1.82) is 0 Å². The number of nitrogens with one attached hydrogen (secondary N) is 1. The highest BCUT2D eigenvalue weighted by molar-refractivity contribution is 7.80. The summed E-state index contributed by atoms with van der Waals surface area (Å²) in [6, 6.07) is 1.02. The highest BCUT2D eigenvalue weighted by atomic mass is 32.1. The molecule has 3 aliphatic carbocycles. The highest BCUT2D eigenvalue weighted by Gasteiger charge is 2.43. The van der Waals surface area contributed by atoms with Crippen molar-refractivity contribution in [3.63, 3.8) is 0 Å². The molecule has 3 saturated carbocycles. The van der Waals surface area contributed by atoms with Gasteiger partial charge in [0.05, 0.1) is 0 Å². The molecule has 2 unspecified atom stereocenters. The normalized spacial score (nSPS) is 30.3. The van der Waals surface area contributed by atoms with E-state index in [1.165, 1.54) is 103 Å². The smallest absolute Gasteiger partial charge is 0.169 e. The van der Waals surface area contributed by atoms with Crippen molar-refractivity contribution in [2.75, 3.05) is 7.05 Å². The number of hydrogen-bond donors (Lipinski definition) is 1. The topological polar surface area (TPSA) is 15.3 Å². The van der Waals surface area contributed by atoms with Gasteiger partial charge in [-0.3, -0.25) is 0 Å². The SMILES string of the molecule is CC(C)N(C)C(=S)NC1CCCCC(C(C)(C)C2CCC(C(C)(C)C3CCCCC3)CC2)CCC1. The molecule has 3 heteroatoms.